The van der Waals surface area contributed by atoms with Crippen molar-refractivity contribution < 1.29 is 0 Å². The van der Waals surface area contributed by atoms with Crippen LogP contribution in [0.15, 0.2) is 182 Å². The van der Waals surface area contributed by atoms with Crippen LogP contribution >= 0.6 is 0 Å². The fraction of sp³-hybridized carbons (Fsp3) is 0.0938. The van der Waals surface area contributed by atoms with Crippen LogP contribution in [0.5, 0.6) is 0 Å². The number of nitrogen functional groups attached to an aromatic ring is 1. The van der Waals surface area contributed by atoms with Crippen LogP contribution in [-0.4, -0.2) is 14.1 Å². The number of hydrogen-bond acceptors (Lipinski definition) is 1. The number of benzene rings is 9. The minimum absolute atomic E-state index is 0.814. The summed E-state index contributed by atoms with van der Waals surface area (Å²) < 4.78 is 5.21. The van der Waals surface area contributed by atoms with Crippen molar-refractivity contribution in [1.29, 1.82) is 0 Å². The maximum absolute atomic E-state index is 6.62. The number of rotatable bonds is 5. The first-order valence-corrected chi connectivity index (χ1v) is 24.3. The summed E-state index contributed by atoms with van der Waals surface area (Å²) in [4.78, 5) is 3.62. The van der Waals surface area contributed by atoms with Crippen molar-refractivity contribution in [1.82, 2.24) is 14.1 Å². The minimum Gasteiger partial charge on any atom is -0.398 e. The SMILES string of the molecule is Nc1ccc(C2=Cc3c(n(-c4ccccc4)c4c5c6c(cc34)CCc3cc4c7cc(-c8ccc9[nH]c%10ccccc%10c9c8)ccc7n(-c7ccccc7)c4c(c3-6)CC5)CC2)cc1-c1ccccc1. The third kappa shape index (κ3) is 5.43. The van der Waals surface area contributed by atoms with Crippen molar-refractivity contribution in [3.63, 3.8) is 0 Å². The molecule has 4 heteroatoms. The molecule has 322 valence electrons. The monoisotopic (exact) mass is 870 g/mol. The van der Waals surface area contributed by atoms with Crippen molar-refractivity contribution in [2.45, 2.75) is 38.5 Å². The van der Waals surface area contributed by atoms with E-state index in [2.05, 4.69) is 202 Å². The van der Waals surface area contributed by atoms with Gasteiger partial charge in [0, 0.05) is 71.8 Å². The molecule has 3 heterocycles. The maximum Gasteiger partial charge on any atom is 0.0579 e. The molecule has 0 fully saturated rings. The van der Waals surface area contributed by atoms with Gasteiger partial charge in [-0.25, -0.2) is 0 Å². The molecule has 0 atom stereocenters. The molecule has 0 bridgehead atoms. The summed E-state index contributed by atoms with van der Waals surface area (Å²) >= 11 is 0. The number of para-hydroxylation sites is 3. The third-order valence-electron chi connectivity index (χ3n) is 15.7. The Morgan fingerprint density at radius 3 is 1.76 bits per heavy atom. The van der Waals surface area contributed by atoms with Gasteiger partial charge in [0.1, 0.15) is 0 Å². The van der Waals surface area contributed by atoms with Gasteiger partial charge in [-0.2, -0.15) is 0 Å². The fourth-order valence-corrected chi connectivity index (χ4v) is 12.7. The van der Waals surface area contributed by atoms with E-state index in [1.54, 1.807) is 0 Å². The summed E-state index contributed by atoms with van der Waals surface area (Å²) in [6, 6.07) is 67.2. The Hall–Kier alpha value is -8.34. The molecular weight excluding hydrogens is 825 g/mol. The molecule has 68 heavy (non-hydrogen) atoms. The van der Waals surface area contributed by atoms with Crippen LogP contribution in [0.4, 0.5) is 5.69 Å². The molecule has 3 N–H and O–H groups in total. The van der Waals surface area contributed by atoms with Crippen molar-refractivity contribution in [2.75, 3.05) is 5.73 Å². The van der Waals surface area contributed by atoms with Crippen LogP contribution in [0.2, 0.25) is 0 Å². The van der Waals surface area contributed by atoms with E-state index in [9.17, 15) is 0 Å². The largest absolute Gasteiger partial charge is 0.398 e. The molecule has 0 spiro atoms. The average Bonchev–Trinajstić information content (AvgIpc) is 4.05. The van der Waals surface area contributed by atoms with Gasteiger partial charge >= 0.3 is 0 Å². The van der Waals surface area contributed by atoms with Crippen molar-refractivity contribution in [3.05, 3.63) is 221 Å². The number of nitrogens with zero attached hydrogens (tertiary/aromatic N) is 2. The first kappa shape index (κ1) is 37.8. The van der Waals surface area contributed by atoms with Gasteiger partial charge in [0.25, 0.3) is 0 Å². The molecule has 0 aliphatic heterocycles. The number of aryl methyl sites for hydroxylation is 4. The summed E-state index contributed by atoms with van der Waals surface area (Å²) in [5, 5.41) is 6.60. The van der Waals surface area contributed by atoms with Crippen molar-refractivity contribution in [3.8, 4) is 44.8 Å². The van der Waals surface area contributed by atoms with E-state index in [4.69, 9.17) is 5.73 Å². The van der Waals surface area contributed by atoms with Gasteiger partial charge in [0.05, 0.1) is 16.6 Å². The van der Waals surface area contributed by atoms with E-state index in [1.807, 2.05) is 0 Å². The molecule has 3 aliphatic rings. The maximum atomic E-state index is 6.62. The van der Waals surface area contributed by atoms with Crippen LogP contribution in [0, 0.1) is 0 Å². The number of hydrogen-bond donors (Lipinski definition) is 2. The lowest BCUT2D eigenvalue weighted by Crippen LogP contribution is -2.16. The third-order valence-corrected chi connectivity index (χ3v) is 15.7. The second-order valence-corrected chi connectivity index (χ2v) is 19.3. The van der Waals surface area contributed by atoms with Gasteiger partial charge in [-0.15, -0.1) is 0 Å². The van der Waals surface area contributed by atoms with Crippen LogP contribution in [0.3, 0.4) is 0 Å². The van der Waals surface area contributed by atoms with E-state index >= 15 is 0 Å². The Balaban J connectivity index is 0.948. The second kappa shape index (κ2) is 14.3. The molecule has 12 aromatic rings. The highest BCUT2D eigenvalue weighted by atomic mass is 15.0. The predicted molar refractivity (Wildman–Crippen MR) is 285 cm³/mol. The Bertz CT molecular complexity index is 4120. The van der Waals surface area contributed by atoms with Crippen LogP contribution in [0.25, 0.3) is 111 Å². The number of allylic oxidation sites excluding steroid dienone is 1. The van der Waals surface area contributed by atoms with Gasteiger partial charge in [-0.3, -0.25) is 0 Å². The lowest BCUT2D eigenvalue weighted by molar-refractivity contribution is 0.870. The molecule has 4 nitrogen and oxygen atoms in total. The van der Waals surface area contributed by atoms with Crippen LogP contribution < -0.4 is 5.73 Å². The average molecular weight is 871 g/mol. The predicted octanol–water partition coefficient (Wildman–Crippen LogP) is 15.6. The Morgan fingerprint density at radius 2 is 1.01 bits per heavy atom. The molecule has 9 aromatic carbocycles. The van der Waals surface area contributed by atoms with Crippen molar-refractivity contribution >= 4 is 71.9 Å². The van der Waals surface area contributed by atoms with Gasteiger partial charge in [-0.05, 0) is 185 Å². The van der Waals surface area contributed by atoms with E-state index in [1.165, 1.54) is 133 Å². The zero-order chi connectivity index (χ0) is 44.6. The molecule has 0 unspecified atom stereocenters. The standard InChI is InChI=1S/C64H46N4/c65-56-28-22-39(32-50(56)38-12-4-1-5-13-38)41-24-30-59-52(34-41)54-36-43-20-21-44-37-55-53-35-42(40-23-29-58-51(33-40)47-18-10-11-19-57(47)66-58)25-31-60(53)68(46-16-8-3-9-17-46)64(55)49-27-26-48(61(43)62(44)49)63(54)67(59)45-14-6-2-7-15-45/h1-19,22-23,25,28-29,31-37,66H,20-21,24,26-27,30,65H2. The number of aromatic nitrogens is 3. The van der Waals surface area contributed by atoms with Crippen LogP contribution in [0.1, 0.15) is 45.5 Å². The Labute approximate surface area is 394 Å². The fourth-order valence-electron chi connectivity index (χ4n) is 12.7. The highest BCUT2D eigenvalue weighted by Crippen LogP contribution is 2.52. The lowest BCUT2D eigenvalue weighted by atomic mass is 9.73. The van der Waals surface area contributed by atoms with E-state index < -0.39 is 0 Å². The highest BCUT2D eigenvalue weighted by Gasteiger charge is 2.34. The summed E-state index contributed by atoms with van der Waals surface area (Å²) in [7, 11) is 0. The number of H-pyrrole nitrogens is 1. The quantitative estimate of drug-likeness (QED) is 0.166. The Morgan fingerprint density at radius 1 is 0.412 bits per heavy atom. The van der Waals surface area contributed by atoms with Gasteiger partial charge in [0.2, 0.25) is 0 Å². The first-order chi connectivity index (χ1) is 33.6. The minimum atomic E-state index is 0.814. The summed E-state index contributed by atoms with van der Waals surface area (Å²) in [6.07, 6.45) is 8.49. The Kier molecular flexibility index (Phi) is 7.97. The zero-order valence-corrected chi connectivity index (χ0v) is 37.6. The van der Waals surface area contributed by atoms with E-state index in [-0.39, 0.29) is 0 Å². The zero-order valence-electron chi connectivity index (χ0n) is 37.6. The van der Waals surface area contributed by atoms with E-state index in [0.29, 0.717) is 0 Å². The number of aromatic amines is 1. The molecule has 15 rings (SSSR count). The van der Waals surface area contributed by atoms with Crippen LogP contribution in [-0.2, 0) is 32.1 Å². The van der Waals surface area contributed by atoms with Gasteiger partial charge in [-0.1, -0.05) is 103 Å². The molecule has 0 amide bonds. The topological polar surface area (TPSA) is 51.7 Å². The smallest absolute Gasteiger partial charge is 0.0579 e. The highest BCUT2D eigenvalue weighted by molar-refractivity contribution is 6.15. The summed E-state index contributed by atoms with van der Waals surface area (Å²) in [5.41, 5.74) is 35.3. The number of nitrogens with one attached hydrogen (secondary N) is 1. The molecule has 0 radical (unpaired) electrons. The molecule has 3 aromatic heterocycles. The second-order valence-electron chi connectivity index (χ2n) is 19.3. The van der Waals surface area contributed by atoms with Crippen molar-refractivity contribution in [2.24, 2.45) is 0 Å². The molecule has 3 aliphatic carbocycles. The molecule has 0 saturated heterocycles. The number of nitrogens with two attached hydrogens (primary N) is 1. The summed E-state index contributed by atoms with van der Waals surface area (Å²) in [5.74, 6) is 0. The molecule has 0 saturated carbocycles. The van der Waals surface area contributed by atoms with E-state index in [0.717, 1.165) is 55.3 Å². The number of anilines is 1. The normalized spacial score (nSPS) is 14.0. The molecular formula is C64H46N4. The number of fused-ring (bicyclic) bond motifs is 11. The van der Waals surface area contributed by atoms with Gasteiger partial charge in [0.15, 0.2) is 0 Å². The lowest BCUT2D eigenvalue weighted by Gasteiger charge is -2.31. The van der Waals surface area contributed by atoms with Gasteiger partial charge < -0.3 is 19.9 Å². The first-order valence-electron chi connectivity index (χ1n) is 24.3. The summed E-state index contributed by atoms with van der Waals surface area (Å²) in [6.45, 7) is 0.